The number of hydrogen-bond acceptors (Lipinski definition) is 4. The van der Waals surface area contributed by atoms with Gasteiger partial charge in [-0.3, -0.25) is 5.32 Å². The topological polar surface area (TPSA) is 78.9 Å². The number of para-hydroxylation sites is 1. The van der Waals surface area contributed by atoms with E-state index in [0.29, 0.717) is 23.9 Å². The van der Waals surface area contributed by atoms with E-state index in [4.69, 9.17) is 0 Å². The van der Waals surface area contributed by atoms with Crippen LogP contribution in [0.25, 0.3) is 0 Å². The van der Waals surface area contributed by atoms with Crippen molar-refractivity contribution in [3.05, 3.63) is 78.1 Å². The Morgan fingerprint density at radius 1 is 0.840 bits per heavy atom. The van der Waals surface area contributed by atoms with E-state index in [2.05, 4.69) is 26.1 Å². The van der Waals surface area contributed by atoms with Crippen LogP contribution in [-0.2, 0) is 6.54 Å². The van der Waals surface area contributed by atoms with E-state index in [1.165, 1.54) is 12.1 Å². The average molecular weight is 337 g/mol. The number of carbonyl (C=O) groups excluding carboxylic acids is 1. The molecule has 0 atom stereocenters. The van der Waals surface area contributed by atoms with Crippen LogP contribution in [0, 0.1) is 5.82 Å². The summed E-state index contributed by atoms with van der Waals surface area (Å²) in [6.45, 7) is 0.496. The molecule has 0 saturated carbocycles. The number of hydrogen-bond donors (Lipinski definition) is 3. The van der Waals surface area contributed by atoms with Crippen LogP contribution in [0.3, 0.4) is 0 Å². The molecule has 1 heterocycles. The van der Waals surface area contributed by atoms with Crippen LogP contribution >= 0.6 is 0 Å². The fourth-order valence-corrected chi connectivity index (χ4v) is 2.09. The van der Waals surface area contributed by atoms with Crippen LogP contribution in [0.5, 0.6) is 0 Å². The molecule has 1 aromatic heterocycles. The summed E-state index contributed by atoms with van der Waals surface area (Å²) in [7, 11) is 0. The van der Waals surface area contributed by atoms with Crippen molar-refractivity contribution in [3.8, 4) is 0 Å². The number of urea groups is 1. The molecular formula is C18H16FN5O. The van der Waals surface area contributed by atoms with Crippen LogP contribution < -0.4 is 16.0 Å². The average Bonchev–Trinajstić information content (AvgIpc) is 2.63. The molecule has 0 aliphatic carbocycles. The molecule has 3 aromatic rings. The summed E-state index contributed by atoms with van der Waals surface area (Å²) in [5, 5.41) is 16.3. The van der Waals surface area contributed by atoms with Gasteiger partial charge < -0.3 is 10.6 Å². The Morgan fingerprint density at radius 2 is 1.52 bits per heavy atom. The summed E-state index contributed by atoms with van der Waals surface area (Å²) in [6, 6.07) is 18.2. The van der Waals surface area contributed by atoms with E-state index in [9.17, 15) is 9.18 Å². The summed E-state index contributed by atoms with van der Waals surface area (Å²) < 4.78 is 12.9. The lowest BCUT2D eigenvalue weighted by atomic mass is 10.2. The number of benzene rings is 2. The number of rotatable bonds is 5. The zero-order valence-electron chi connectivity index (χ0n) is 13.2. The molecule has 7 heteroatoms. The Kier molecular flexibility index (Phi) is 5.16. The molecule has 126 valence electrons. The summed E-state index contributed by atoms with van der Waals surface area (Å²) in [6.07, 6.45) is 0. The molecule has 0 unspecified atom stereocenters. The van der Waals surface area contributed by atoms with Crippen molar-refractivity contribution in [2.75, 3.05) is 16.0 Å². The smallest absolute Gasteiger partial charge is 0.324 e. The Balaban J connectivity index is 1.51. The molecule has 0 spiro atoms. The van der Waals surface area contributed by atoms with Crippen LogP contribution in [0.4, 0.5) is 26.5 Å². The van der Waals surface area contributed by atoms with E-state index in [0.717, 1.165) is 5.56 Å². The fourth-order valence-electron chi connectivity index (χ4n) is 2.09. The van der Waals surface area contributed by atoms with Crippen molar-refractivity contribution < 1.29 is 9.18 Å². The van der Waals surface area contributed by atoms with Crippen LogP contribution in [0.1, 0.15) is 5.56 Å². The highest BCUT2D eigenvalue weighted by Gasteiger charge is 2.04. The maximum absolute atomic E-state index is 12.9. The highest BCUT2D eigenvalue weighted by atomic mass is 19.1. The van der Waals surface area contributed by atoms with E-state index in [1.807, 2.05) is 18.2 Å². The van der Waals surface area contributed by atoms with Gasteiger partial charge in [0.05, 0.1) is 0 Å². The van der Waals surface area contributed by atoms with Crippen LogP contribution in [-0.4, -0.2) is 16.2 Å². The van der Waals surface area contributed by atoms with Crippen molar-refractivity contribution in [2.45, 2.75) is 6.54 Å². The molecule has 0 aliphatic heterocycles. The number of amides is 2. The molecule has 3 N–H and O–H groups in total. The Labute approximate surface area is 144 Å². The van der Waals surface area contributed by atoms with Gasteiger partial charge in [0.25, 0.3) is 0 Å². The molecule has 2 amide bonds. The highest BCUT2D eigenvalue weighted by molar-refractivity contribution is 5.99. The van der Waals surface area contributed by atoms with Gasteiger partial charge in [-0.05, 0) is 42.0 Å². The number of nitrogens with one attached hydrogen (secondary N) is 3. The van der Waals surface area contributed by atoms with E-state index < -0.39 is 6.03 Å². The van der Waals surface area contributed by atoms with E-state index in [1.54, 1.807) is 36.4 Å². The van der Waals surface area contributed by atoms with E-state index in [-0.39, 0.29) is 5.82 Å². The van der Waals surface area contributed by atoms with Crippen molar-refractivity contribution in [2.24, 2.45) is 0 Å². The Hall–Kier alpha value is -3.48. The third-order valence-corrected chi connectivity index (χ3v) is 3.32. The summed E-state index contributed by atoms with van der Waals surface area (Å²) in [5.41, 5.74) is 1.61. The zero-order valence-corrected chi connectivity index (χ0v) is 13.2. The van der Waals surface area contributed by atoms with Gasteiger partial charge >= 0.3 is 6.03 Å². The molecule has 25 heavy (non-hydrogen) atoms. The summed E-state index contributed by atoms with van der Waals surface area (Å²) in [4.78, 5) is 11.9. The van der Waals surface area contributed by atoms with Crippen molar-refractivity contribution in [3.63, 3.8) is 0 Å². The highest BCUT2D eigenvalue weighted by Crippen LogP contribution is 2.10. The molecule has 0 aliphatic rings. The van der Waals surface area contributed by atoms with Crippen molar-refractivity contribution in [1.29, 1.82) is 0 Å². The van der Waals surface area contributed by atoms with Gasteiger partial charge in [-0.1, -0.05) is 30.3 Å². The third-order valence-electron chi connectivity index (χ3n) is 3.32. The van der Waals surface area contributed by atoms with Gasteiger partial charge in [0.2, 0.25) is 0 Å². The minimum Gasteiger partial charge on any atom is -0.365 e. The van der Waals surface area contributed by atoms with Gasteiger partial charge in [-0.15, -0.1) is 10.2 Å². The number of halogens is 1. The number of carbonyl (C=O) groups is 1. The lowest BCUT2D eigenvalue weighted by Gasteiger charge is -2.08. The Morgan fingerprint density at radius 3 is 2.20 bits per heavy atom. The first-order chi connectivity index (χ1) is 12.2. The molecular weight excluding hydrogens is 321 g/mol. The molecule has 0 saturated heterocycles. The maximum atomic E-state index is 12.9. The van der Waals surface area contributed by atoms with Gasteiger partial charge in [0.1, 0.15) is 11.6 Å². The predicted molar refractivity (Wildman–Crippen MR) is 94.8 cm³/mol. The van der Waals surface area contributed by atoms with Gasteiger partial charge in [-0.25, -0.2) is 9.18 Å². The molecule has 6 nitrogen and oxygen atoms in total. The molecule has 2 aromatic carbocycles. The van der Waals surface area contributed by atoms with Crippen LogP contribution in [0.2, 0.25) is 0 Å². The van der Waals surface area contributed by atoms with Gasteiger partial charge in [0.15, 0.2) is 5.82 Å². The second-order valence-corrected chi connectivity index (χ2v) is 5.23. The molecule has 0 radical (unpaired) electrons. The number of nitrogens with zero attached hydrogens (tertiary/aromatic N) is 2. The number of aromatic nitrogens is 2. The quantitative estimate of drug-likeness (QED) is 0.660. The Bertz CT molecular complexity index is 822. The fraction of sp³-hybridized carbons (Fsp3) is 0.0556. The predicted octanol–water partition coefficient (Wildman–Crippen LogP) is 3.87. The lowest BCUT2D eigenvalue weighted by Crippen LogP contribution is -2.20. The van der Waals surface area contributed by atoms with E-state index >= 15 is 0 Å². The third kappa shape index (κ3) is 5.00. The standard InChI is InChI=1S/C18H16FN5O/c19-14-8-6-13(7-9-14)12-20-16-10-11-17(24-23-16)22-18(25)21-15-4-2-1-3-5-15/h1-11H,12H2,(H,20,23)(H2,21,22,24,25). The van der Waals surface area contributed by atoms with Crippen molar-refractivity contribution >= 4 is 23.4 Å². The normalized spacial score (nSPS) is 10.1. The second-order valence-electron chi connectivity index (χ2n) is 5.23. The minimum absolute atomic E-state index is 0.271. The molecule has 0 fully saturated rings. The van der Waals surface area contributed by atoms with Gasteiger partial charge in [-0.2, -0.15) is 0 Å². The SMILES string of the molecule is O=C(Nc1ccccc1)Nc1ccc(NCc2ccc(F)cc2)nn1. The minimum atomic E-state index is -0.396. The number of anilines is 3. The van der Waals surface area contributed by atoms with Gasteiger partial charge in [0, 0.05) is 12.2 Å². The zero-order chi connectivity index (χ0) is 17.5. The van der Waals surface area contributed by atoms with Crippen molar-refractivity contribution in [1.82, 2.24) is 10.2 Å². The largest absolute Gasteiger partial charge is 0.365 e. The lowest BCUT2D eigenvalue weighted by molar-refractivity contribution is 0.262. The summed E-state index contributed by atoms with van der Waals surface area (Å²) >= 11 is 0. The first-order valence-electron chi connectivity index (χ1n) is 7.64. The maximum Gasteiger partial charge on any atom is 0.324 e. The molecule has 0 bridgehead atoms. The molecule has 3 rings (SSSR count). The summed E-state index contributed by atoms with van der Waals surface area (Å²) in [5.74, 6) is 0.617. The first kappa shape index (κ1) is 16.4. The second kappa shape index (κ2) is 7.87. The monoisotopic (exact) mass is 337 g/mol. The first-order valence-corrected chi connectivity index (χ1v) is 7.64. The van der Waals surface area contributed by atoms with Crippen LogP contribution in [0.15, 0.2) is 66.7 Å².